The zero-order valence-corrected chi connectivity index (χ0v) is 9.77. The van der Waals surface area contributed by atoms with Gasteiger partial charge in [0, 0.05) is 5.56 Å². The average Bonchev–Trinajstić information content (AvgIpc) is 2.85. The second-order valence-electron chi connectivity index (χ2n) is 3.85. The SMILES string of the molecule is O=Cc1ccc(-c2cccc(O)c2C(=O)C(F)(F)F)o1. The van der Waals surface area contributed by atoms with E-state index in [4.69, 9.17) is 4.42 Å². The predicted molar refractivity (Wildman–Crippen MR) is 61.6 cm³/mol. The molecule has 0 saturated heterocycles. The smallest absolute Gasteiger partial charge is 0.455 e. The van der Waals surface area contributed by atoms with Gasteiger partial charge < -0.3 is 9.52 Å². The molecule has 2 rings (SSSR count). The Hall–Kier alpha value is -2.57. The van der Waals surface area contributed by atoms with E-state index in [0.29, 0.717) is 6.29 Å². The lowest BCUT2D eigenvalue weighted by molar-refractivity contribution is -0.0886. The molecule has 0 radical (unpaired) electrons. The van der Waals surface area contributed by atoms with Crippen molar-refractivity contribution in [3.63, 3.8) is 0 Å². The molecule has 7 heteroatoms. The van der Waals surface area contributed by atoms with Gasteiger partial charge in [-0.05, 0) is 18.2 Å². The number of hydrogen-bond acceptors (Lipinski definition) is 4. The first kappa shape index (κ1) is 13.9. The Kier molecular flexibility index (Phi) is 3.35. The summed E-state index contributed by atoms with van der Waals surface area (Å²) < 4.78 is 42.6. The molecule has 1 aromatic heterocycles. The minimum absolute atomic E-state index is 0.103. The van der Waals surface area contributed by atoms with Crippen molar-refractivity contribution < 1.29 is 32.3 Å². The Morgan fingerprint density at radius 1 is 1.20 bits per heavy atom. The number of carbonyl (C=O) groups is 2. The molecule has 1 heterocycles. The molecule has 20 heavy (non-hydrogen) atoms. The molecule has 0 atom stereocenters. The fraction of sp³-hybridized carbons (Fsp3) is 0.0769. The monoisotopic (exact) mass is 284 g/mol. The summed E-state index contributed by atoms with van der Waals surface area (Å²) in [6, 6.07) is 5.90. The van der Waals surface area contributed by atoms with E-state index in [0.717, 1.165) is 6.07 Å². The molecule has 1 aromatic carbocycles. The van der Waals surface area contributed by atoms with Crippen LogP contribution in [0.2, 0.25) is 0 Å². The summed E-state index contributed by atoms with van der Waals surface area (Å²) in [5.41, 5.74) is -1.15. The van der Waals surface area contributed by atoms with Crippen LogP contribution in [0.1, 0.15) is 20.9 Å². The van der Waals surface area contributed by atoms with Gasteiger partial charge in [-0.15, -0.1) is 0 Å². The van der Waals surface area contributed by atoms with Gasteiger partial charge in [0.1, 0.15) is 11.5 Å². The van der Waals surface area contributed by atoms with E-state index in [1.54, 1.807) is 0 Å². The van der Waals surface area contributed by atoms with Gasteiger partial charge in [0.15, 0.2) is 12.0 Å². The Balaban J connectivity index is 2.62. The predicted octanol–water partition coefficient (Wildman–Crippen LogP) is 3.21. The summed E-state index contributed by atoms with van der Waals surface area (Å²) in [7, 11) is 0. The normalized spacial score (nSPS) is 11.3. The largest absolute Gasteiger partial charge is 0.507 e. The number of hydrogen-bond donors (Lipinski definition) is 1. The van der Waals surface area contributed by atoms with E-state index in [9.17, 15) is 27.9 Å². The number of carbonyl (C=O) groups excluding carboxylic acids is 2. The number of aromatic hydroxyl groups is 1. The highest BCUT2D eigenvalue weighted by molar-refractivity contribution is 6.07. The van der Waals surface area contributed by atoms with Crippen molar-refractivity contribution >= 4 is 12.1 Å². The number of rotatable bonds is 3. The Labute approximate surface area is 110 Å². The number of benzene rings is 1. The van der Waals surface area contributed by atoms with Gasteiger partial charge in [0.25, 0.3) is 5.78 Å². The minimum Gasteiger partial charge on any atom is -0.507 e. The summed E-state index contributed by atoms with van der Waals surface area (Å²) in [5, 5.41) is 9.52. The van der Waals surface area contributed by atoms with Crippen molar-refractivity contribution in [2.24, 2.45) is 0 Å². The lowest BCUT2D eigenvalue weighted by atomic mass is 10.00. The van der Waals surface area contributed by atoms with E-state index in [2.05, 4.69) is 0 Å². The van der Waals surface area contributed by atoms with Gasteiger partial charge in [-0.2, -0.15) is 13.2 Å². The molecule has 0 unspecified atom stereocenters. The molecule has 2 aromatic rings. The summed E-state index contributed by atoms with van der Waals surface area (Å²) in [6.45, 7) is 0. The van der Waals surface area contributed by atoms with Crippen molar-refractivity contribution in [2.75, 3.05) is 0 Å². The molecule has 1 N–H and O–H groups in total. The summed E-state index contributed by atoms with van der Waals surface area (Å²) in [6.07, 6.45) is -4.76. The van der Waals surface area contributed by atoms with Gasteiger partial charge in [-0.25, -0.2) is 0 Å². The van der Waals surface area contributed by atoms with Crippen LogP contribution in [0.3, 0.4) is 0 Å². The molecule has 0 saturated carbocycles. The van der Waals surface area contributed by atoms with Gasteiger partial charge in [0.05, 0.1) is 5.56 Å². The number of furan rings is 1. The molecular formula is C13H7F3O4. The molecule has 0 aliphatic rings. The number of alkyl halides is 3. The topological polar surface area (TPSA) is 67.5 Å². The maximum absolute atomic E-state index is 12.5. The summed E-state index contributed by atoms with van der Waals surface area (Å²) in [4.78, 5) is 21.9. The van der Waals surface area contributed by atoms with Crippen LogP contribution in [0.4, 0.5) is 13.2 Å². The standard InChI is InChI=1S/C13H7F3O4/c14-13(15,16)12(19)11-8(2-1-3-9(11)18)10-5-4-7(6-17)20-10/h1-6,18H. The summed E-state index contributed by atoms with van der Waals surface area (Å²) in [5.74, 6) is -3.21. The Morgan fingerprint density at radius 3 is 2.45 bits per heavy atom. The fourth-order valence-electron chi connectivity index (χ4n) is 1.69. The third kappa shape index (κ3) is 2.42. The fourth-order valence-corrected chi connectivity index (χ4v) is 1.69. The zero-order valence-electron chi connectivity index (χ0n) is 9.77. The van der Waals surface area contributed by atoms with Crippen LogP contribution in [-0.2, 0) is 0 Å². The maximum Gasteiger partial charge on any atom is 0.455 e. The van der Waals surface area contributed by atoms with Crippen LogP contribution < -0.4 is 0 Å². The van der Waals surface area contributed by atoms with Crippen molar-refractivity contribution in [3.05, 3.63) is 41.7 Å². The number of ketones is 1. The molecule has 0 aliphatic heterocycles. The van der Waals surface area contributed by atoms with Crippen LogP contribution in [-0.4, -0.2) is 23.4 Å². The molecule has 4 nitrogen and oxygen atoms in total. The zero-order chi connectivity index (χ0) is 14.9. The lowest BCUT2D eigenvalue weighted by Gasteiger charge is -2.10. The quantitative estimate of drug-likeness (QED) is 0.694. The molecule has 0 fully saturated rings. The van der Waals surface area contributed by atoms with Gasteiger partial charge in [-0.1, -0.05) is 12.1 Å². The number of halogens is 3. The number of phenolic OH excluding ortho intramolecular Hbond substituents is 1. The van der Waals surface area contributed by atoms with Crippen molar-refractivity contribution in [1.29, 1.82) is 0 Å². The van der Waals surface area contributed by atoms with Crippen LogP contribution >= 0.6 is 0 Å². The third-order valence-electron chi connectivity index (χ3n) is 2.54. The van der Waals surface area contributed by atoms with Crippen LogP contribution in [0.5, 0.6) is 5.75 Å². The summed E-state index contributed by atoms with van der Waals surface area (Å²) >= 11 is 0. The number of Topliss-reactive ketones (excluding diaryl/α,β-unsaturated/α-hetero) is 1. The third-order valence-corrected chi connectivity index (χ3v) is 2.54. The Bertz CT molecular complexity index is 670. The van der Waals surface area contributed by atoms with Crippen molar-refractivity contribution in [3.8, 4) is 17.1 Å². The van der Waals surface area contributed by atoms with E-state index >= 15 is 0 Å². The Morgan fingerprint density at radius 2 is 1.90 bits per heavy atom. The molecule has 0 spiro atoms. The maximum atomic E-state index is 12.5. The minimum atomic E-state index is -5.13. The lowest BCUT2D eigenvalue weighted by Crippen LogP contribution is -2.23. The van der Waals surface area contributed by atoms with Crippen molar-refractivity contribution in [1.82, 2.24) is 0 Å². The van der Waals surface area contributed by atoms with E-state index in [1.807, 2.05) is 0 Å². The molecule has 0 aliphatic carbocycles. The highest BCUT2D eigenvalue weighted by Gasteiger charge is 2.42. The van der Waals surface area contributed by atoms with Crippen LogP contribution in [0, 0.1) is 0 Å². The van der Waals surface area contributed by atoms with E-state index in [1.165, 1.54) is 24.3 Å². The van der Waals surface area contributed by atoms with E-state index in [-0.39, 0.29) is 17.1 Å². The second-order valence-corrected chi connectivity index (χ2v) is 3.85. The molecular weight excluding hydrogens is 277 g/mol. The molecule has 0 bridgehead atoms. The second kappa shape index (κ2) is 4.84. The van der Waals surface area contributed by atoms with Crippen LogP contribution in [0.25, 0.3) is 11.3 Å². The van der Waals surface area contributed by atoms with Crippen LogP contribution in [0.15, 0.2) is 34.7 Å². The van der Waals surface area contributed by atoms with Gasteiger partial charge in [0.2, 0.25) is 0 Å². The molecule has 0 amide bonds. The number of aldehydes is 1. The number of phenols is 1. The highest BCUT2D eigenvalue weighted by Crippen LogP contribution is 2.35. The molecule has 104 valence electrons. The van der Waals surface area contributed by atoms with E-state index < -0.39 is 23.3 Å². The van der Waals surface area contributed by atoms with Crippen molar-refractivity contribution in [2.45, 2.75) is 6.18 Å². The highest BCUT2D eigenvalue weighted by atomic mass is 19.4. The average molecular weight is 284 g/mol. The van der Waals surface area contributed by atoms with Gasteiger partial charge >= 0.3 is 6.18 Å². The first-order valence-corrected chi connectivity index (χ1v) is 5.33. The first-order valence-electron chi connectivity index (χ1n) is 5.33. The van der Waals surface area contributed by atoms with Gasteiger partial charge in [-0.3, -0.25) is 9.59 Å². The first-order chi connectivity index (χ1) is 9.34.